The van der Waals surface area contributed by atoms with Gasteiger partial charge in [-0.25, -0.2) is 4.98 Å². The lowest BCUT2D eigenvalue weighted by atomic mass is 10.5. The van der Waals surface area contributed by atoms with Crippen molar-refractivity contribution in [2.75, 3.05) is 19.8 Å². The van der Waals surface area contributed by atoms with Gasteiger partial charge in [0.05, 0.1) is 30.1 Å². The van der Waals surface area contributed by atoms with Crippen molar-refractivity contribution < 1.29 is 14.2 Å². The summed E-state index contributed by atoms with van der Waals surface area (Å²) in [4.78, 5) is 4.42. The maximum Gasteiger partial charge on any atom is 0.176 e. The van der Waals surface area contributed by atoms with Crippen LogP contribution in [0.1, 0.15) is 24.5 Å². The molecule has 0 aromatic carbocycles. The Balaban J connectivity index is 2.48. The number of hydrogen-bond donors (Lipinski definition) is 1. The fourth-order valence-electron chi connectivity index (χ4n) is 1.18. The van der Waals surface area contributed by atoms with Gasteiger partial charge in [0, 0.05) is 18.4 Å². The second-order valence-corrected chi connectivity index (χ2v) is 5.47. The molecule has 0 aliphatic heterocycles. The zero-order valence-electron chi connectivity index (χ0n) is 9.68. The first-order valence-corrected chi connectivity index (χ1v) is 7.61. The number of aromatic nitrogens is 1. The van der Waals surface area contributed by atoms with E-state index in [0.717, 1.165) is 16.9 Å². The molecule has 1 aromatic heterocycles. The SMILES string of the molecule is CCOP(Cc1csc(CCO)n1)OCC. The molecule has 0 saturated heterocycles. The van der Waals surface area contributed by atoms with Gasteiger partial charge in [-0.1, -0.05) is 0 Å². The molecule has 1 heterocycles. The van der Waals surface area contributed by atoms with Crippen molar-refractivity contribution in [3.8, 4) is 0 Å². The number of aliphatic hydroxyl groups is 1. The van der Waals surface area contributed by atoms with Crippen molar-refractivity contribution in [3.05, 3.63) is 16.1 Å². The molecular weight excluding hydrogens is 245 g/mol. The van der Waals surface area contributed by atoms with Crippen LogP contribution < -0.4 is 0 Å². The summed E-state index contributed by atoms with van der Waals surface area (Å²) >= 11 is 1.58. The fraction of sp³-hybridized carbons (Fsp3) is 0.700. The van der Waals surface area contributed by atoms with Crippen molar-refractivity contribution in [2.45, 2.75) is 26.4 Å². The maximum atomic E-state index is 8.80. The molecule has 0 radical (unpaired) electrons. The zero-order chi connectivity index (χ0) is 11.8. The summed E-state index contributed by atoms with van der Waals surface area (Å²) in [5.41, 5.74) is 1.00. The van der Waals surface area contributed by atoms with Crippen LogP contribution in [0.25, 0.3) is 0 Å². The predicted octanol–water partition coefficient (Wildman–Crippen LogP) is 2.56. The van der Waals surface area contributed by atoms with Crippen LogP contribution in [-0.4, -0.2) is 29.9 Å². The Kier molecular flexibility index (Phi) is 7.08. The van der Waals surface area contributed by atoms with Crippen LogP contribution >= 0.6 is 19.7 Å². The molecule has 16 heavy (non-hydrogen) atoms. The Morgan fingerprint density at radius 3 is 2.62 bits per heavy atom. The molecule has 6 heteroatoms. The first-order chi connectivity index (χ1) is 7.80. The predicted molar refractivity (Wildman–Crippen MR) is 66.8 cm³/mol. The van der Waals surface area contributed by atoms with E-state index in [1.165, 1.54) is 0 Å². The molecule has 0 amide bonds. The molecule has 0 spiro atoms. The Morgan fingerprint density at radius 1 is 1.38 bits per heavy atom. The van der Waals surface area contributed by atoms with Gasteiger partial charge in [0.15, 0.2) is 8.38 Å². The Morgan fingerprint density at radius 2 is 2.06 bits per heavy atom. The maximum absolute atomic E-state index is 8.80. The van der Waals surface area contributed by atoms with Crippen LogP contribution in [0, 0.1) is 0 Å². The highest BCUT2D eigenvalue weighted by Crippen LogP contribution is 2.41. The van der Waals surface area contributed by atoms with Crippen LogP contribution in [0.2, 0.25) is 0 Å². The number of hydrogen-bond acceptors (Lipinski definition) is 5. The highest BCUT2D eigenvalue weighted by Gasteiger charge is 2.12. The molecule has 0 aliphatic rings. The lowest BCUT2D eigenvalue weighted by molar-refractivity contribution is 0.268. The number of rotatable bonds is 8. The van der Waals surface area contributed by atoms with Gasteiger partial charge in [0.25, 0.3) is 0 Å². The minimum absolute atomic E-state index is 0.151. The third-order valence-corrected chi connectivity index (χ3v) is 4.39. The van der Waals surface area contributed by atoms with Crippen LogP contribution in [0.3, 0.4) is 0 Å². The fourth-order valence-corrected chi connectivity index (χ4v) is 3.35. The van der Waals surface area contributed by atoms with E-state index in [9.17, 15) is 0 Å². The van der Waals surface area contributed by atoms with Gasteiger partial charge in [-0.05, 0) is 13.8 Å². The third-order valence-electron chi connectivity index (χ3n) is 1.76. The Bertz CT molecular complexity index is 289. The number of thiazole rings is 1. The quantitative estimate of drug-likeness (QED) is 0.732. The summed E-state index contributed by atoms with van der Waals surface area (Å²) in [5.74, 6) is 0. The summed E-state index contributed by atoms with van der Waals surface area (Å²) in [5, 5.41) is 11.8. The van der Waals surface area contributed by atoms with Crippen molar-refractivity contribution in [2.24, 2.45) is 0 Å². The third kappa shape index (κ3) is 4.85. The van der Waals surface area contributed by atoms with Gasteiger partial charge < -0.3 is 14.2 Å². The summed E-state index contributed by atoms with van der Waals surface area (Å²) in [6.07, 6.45) is 1.37. The Labute approximate surface area is 102 Å². The Hall–Kier alpha value is -0.0600. The van der Waals surface area contributed by atoms with Gasteiger partial charge >= 0.3 is 0 Å². The van der Waals surface area contributed by atoms with Gasteiger partial charge in [0.1, 0.15) is 0 Å². The molecule has 92 valence electrons. The first-order valence-electron chi connectivity index (χ1n) is 5.37. The highest BCUT2D eigenvalue weighted by atomic mass is 32.1. The van der Waals surface area contributed by atoms with E-state index >= 15 is 0 Å². The molecule has 0 saturated carbocycles. The largest absolute Gasteiger partial charge is 0.396 e. The summed E-state index contributed by atoms with van der Waals surface area (Å²) in [6.45, 7) is 5.41. The van der Waals surface area contributed by atoms with Crippen molar-refractivity contribution in [3.63, 3.8) is 0 Å². The summed E-state index contributed by atoms with van der Waals surface area (Å²) < 4.78 is 11.0. The smallest absolute Gasteiger partial charge is 0.176 e. The lowest BCUT2D eigenvalue weighted by Gasteiger charge is -2.13. The average molecular weight is 263 g/mol. The molecule has 0 unspecified atom stereocenters. The normalized spacial score (nSPS) is 11.2. The number of aliphatic hydroxyl groups excluding tert-OH is 1. The van der Waals surface area contributed by atoms with E-state index in [1.54, 1.807) is 11.3 Å². The van der Waals surface area contributed by atoms with E-state index in [2.05, 4.69) is 4.98 Å². The van der Waals surface area contributed by atoms with Crippen LogP contribution in [0.4, 0.5) is 0 Å². The van der Waals surface area contributed by atoms with Crippen molar-refractivity contribution in [1.82, 2.24) is 4.98 Å². The minimum atomic E-state index is -0.851. The minimum Gasteiger partial charge on any atom is -0.396 e. The van der Waals surface area contributed by atoms with E-state index in [0.29, 0.717) is 19.6 Å². The van der Waals surface area contributed by atoms with E-state index in [-0.39, 0.29) is 6.61 Å². The average Bonchev–Trinajstić information content (AvgIpc) is 2.67. The second kappa shape index (κ2) is 8.09. The topological polar surface area (TPSA) is 51.6 Å². The molecular formula is C10H18NO3PS. The molecule has 0 bridgehead atoms. The molecule has 1 rings (SSSR count). The van der Waals surface area contributed by atoms with Crippen LogP contribution in [0.5, 0.6) is 0 Å². The van der Waals surface area contributed by atoms with Gasteiger partial charge in [-0.3, -0.25) is 0 Å². The summed E-state index contributed by atoms with van der Waals surface area (Å²) in [7, 11) is -0.851. The monoisotopic (exact) mass is 263 g/mol. The standard InChI is InChI=1S/C10H18NO3PS/c1-3-13-15(14-4-2)7-9-8-16-10(11-9)5-6-12/h8,12H,3-7H2,1-2H3. The second-order valence-electron chi connectivity index (χ2n) is 3.03. The molecule has 0 atom stereocenters. The molecule has 0 fully saturated rings. The summed E-state index contributed by atoms with van der Waals surface area (Å²) in [6, 6.07) is 0. The molecule has 1 aromatic rings. The van der Waals surface area contributed by atoms with Crippen molar-refractivity contribution >= 4 is 19.7 Å². The van der Waals surface area contributed by atoms with Gasteiger partial charge in [-0.2, -0.15) is 0 Å². The van der Waals surface area contributed by atoms with Gasteiger partial charge in [0.2, 0.25) is 0 Å². The van der Waals surface area contributed by atoms with E-state index < -0.39 is 8.38 Å². The van der Waals surface area contributed by atoms with E-state index in [1.807, 2.05) is 19.2 Å². The first kappa shape index (κ1) is 14.0. The van der Waals surface area contributed by atoms with Crippen LogP contribution in [0.15, 0.2) is 5.38 Å². The zero-order valence-corrected chi connectivity index (χ0v) is 11.4. The van der Waals surface area contributed by atoms with Crippen molar-refractivity contribution in [1.29, 1.82) is 0 Å². The van der Waals surface area contributed by atoms with Gasteiger partial charge in [-0.15, -0.1) is 11.3 Å². The molecule has 0 aliphatic carbocycles. The lowest BCUT2D eigenvalue weighted by Crippen LogP contribution is -1.95. The van der Waals surface area contributed by atoms with E-state index in [4.69, 9.17) is 14.2 Å². The highest BCUT2D eigenvalue weighted by molar-refractivity contribution is 7.46. The van der Waals surface area contributed by atoms with Crippen LogP contribution in [-0.2, 0) is 21.6 Å². The molecule has 4 nitrogen and oxygen atoms in total. The number of nitrogens with zero attached hydrogens (tertiary/aromatic N) is 1. The molecule has 1 N–H and O–H groups in total.